The Morgan fingerprint density at radius 2 is 1.50 bits per heavy atom. The van der Waals surface area contributed by atoms with Gasteiger partial charge in [-0.2, -0.15) is 0 Å². The maximum atomic E-state index is 10.8. The smallest absolute Gasteiger partial charge is 0.308 e. The molecule has 0 aliphatic heterocycles. The highest BCUT2D eigenvalue weighted by Gasteiger charge is 2.01. The fraction of sp³-hybridized carbons (Fsp3) is 0.0714. The molecule has 0 aliphatic rings. The minimum Gasteiger partial charge on any atom is -0.449 e. The zero-order valence-electron chi connectivity index (χ0n) is 10.1. The zero-order chi connectivity index (χ0) is 13.0. The molecule has 18 heavy (non-hydrogen) atoms. The summed E-state index contributed by atoms with van der Waals surface area (Å²) in [4.78, 5) is 10.8. The van der Waals surface area contributed by atoms with Crippen LogP contribution in [0.5, 0.6) is 5.75 Å². The highest BCUT2D eigenvalue weighted by atomic mass is 16.5. The van der Waals surface area contributed by atoms with Gasteiger partial charge in [0.15, 0.2) is 0 Å². The molecular weight excluding hydrogens is 227 g/mol. The summed E-state index contributed by atoms with van der Waals surface area (Å²) in [5.41, 5.74) is 2.98. The molecule has 90 valence electrons. The van der Waals surface area contributed by atoms with Crippen LogP contribution in [0.25, 0.3) is 11.1 Å². The van der Waals surface area contributed by atoms with Gasteiger partial charge in [0, 0.05) is 6.92 Å². The van der Waals surface area contributed by atoms with Gasteiger partial charge in [0.25, 0.3) is 0 Å². The van der Waals surface area contributed by atoms with E-state index in [-0.39, 0.29) is 13.5 Å². The Labute approximate surface area is 106 Å². The molecule has 0 unspecified atom stereocenters. The van der Waals surface area contributed by atoms with Gasteiger partial charge in [-0.15, -0.1) is 0 Å². The Bertz CT molecular complexity index is 532. The van der Waals surface area contributed by atoms with E-state index in [9.17, 15) is 4.79 Å². The highest BCUT2D eigenvalue weighted by molar-refractivity contribution is 6.45. The Hall–Kier alpha value is -2.07. The van der Waals surface area contributed by atoms with Crippen LogP contribution in [0.3, 0.4) is 0 Å². The first kappa shape index (κ1) is 12.4. The molecule has 2 aromatic rings. The van der Waals surface area contributed by atoms with Gasteiger partial charge in [0.05, 0.1) is 0 Å². The third-order valence-electron chi connectivity index (χ3n) is 2.59. The third-order valence-corrected chi connectivity index (χ3v) is 2.59. The first-order valence-electron chi connectivity index (χ1n) is 5.67. The average Bonchev–Trinajstić information content (AvgIpc) is 2.39. The number of benzene rings is 2. The van der Waals surface area contributed by atoms with Crippen molar-refractivity contribution >= 4 is 18.9 Å². The predicted octanol–water partition coefficient (Wildman–Crippen LogP) is 1.25. The van der Waals surface area contributed by atoms with Gasteiger partial charge in [0.1, 0.15) is 5.75 Å². The number of ether oxygens (including phenoxy) is 1. The van der Waals surface area contributed by atoms with Crippen LogP contribution in [0, 0.1) is 0 Å². The second kappa shape index (κ2) is 5.51. The minimum absolute atomic E-state index is 0.0473. The van der Waals surface area contributed by atoms with E-state index in [4.69, 9.17) is 9.76 Å². The van der Waals surface area contributed by atoms with Crippen LogP contribution in [0.15, 0.2) is 48.5 Å². The number of hydrogen-bond acceptors (Lipinski definition) is 3. The Kier molecular flexibility index (Phi) is 3.80. The molecule has 3 nitrogen and oxygen atoms in total. The SMILES string of the molecule is CC(=O)Oc1ccc(-c2ccc(BO)cc2)cc1. The van der Waals surface area contributed by atoms with E-state index in [0.29, 0.717) is 5.75 Å². The molecule has 2 aromatic carbocycles. The molecule has 0 bridgehead atoms. The molecule has 0 saturated heterocycles. The second-order valence-corrected chi connectivity index (χ2v) is 3.97. The molecule has 0 spiro atoms. The van der Waals surface area contributed by atoms with Gasteiger partial charge in [-0.05, 0) is 23.3 Å². The summed E-state index contributed by atoms with van der Waals surface area (Å²) in [5.74, 6) is 0.216. The van der Waals surface area contributed by atoms with Crippen LogP contribution in [0.2, 0.25) is 0 Å². The summed E-state index contributed by atoms with van der Waals surface area (Å²) in [6.07, 6.45) is 0. The van der Waals surface area contributed by atoms with Crippen LogP contribution in [0.1, 0.15) is 6.92 Å². The van der Waals surface area contributed by atoms with Crippen molar-refractivity contribution in [2.24, 2.45) is 0 Å². The fourth-order valence-corrected chi connectivity index (χ4v) is 1.68. The summed E-state index contributed by atoms with van der Waals surface area (Å²) in [5, 5.41) is 8.97. The molecule has 0 aromatic heterocycles. The molecule has 2 rings (SSSR count). The lowest BCUT2D eigenvalue weighted by Gasteiger charge is -2.05. The molecule has 0 amide bonds. The van der Waals surface area contributed by atoms with Crippen molar-refractivity contribution in [1.82, 2.24) is 0 Å². The maximum Gasteiger partial charge on any atom is 0.308 e. The lowest BCUT2D eigenvalue weighted by Crippen LogP contribution is -2.11. The molecule has 1 N–H and O–H groups in total. The largest absolute Gasteiger partial charge is 0.449 e. The monoisotopic (exact) mass is 240 g/mol. The zero-order valence-corrected chi connectivity index (χ0v) is 10.1. The van der Waals surface area contributed by atoms with Crippen molar-refractivity contribution in [1.29, 1.82) is 0 Å². The number of carbonyl (C=O) groups excluding carboxylic acids is 1. The van der Waals surface area contributed by atoms with E-state index >= 15 is 0 Å². The van der Waals surface area contributed by atoms with Crippen LogP contribution >= 0.6 is 0 Å². The Balaban J connectivity index is 2.20. The highest BCUT2D eigenvalue weighted by Crippen LogP contribution is 2.21. The molecular formula is C14H13BO3. The summed E-state index contributed by atoms with van der Waals surface area (Å²) in [6.45, 7) is 1.38. The summed E-state index contributed by atoms with van der Waals surface area (Å²) in [6, 6.07) is 15.0. The van der Waals surface area contributed by atoms with Gasteiger partial charge < -0.3 is 9.76 Å². The molecule has 4 heteroatoms. The normalized spacial score (nSPS) is 9.89. The summed E-state index contributed by atoms with van der Waals surface area (Å²) < 4.78 is 4.97. The molecule has 0 heterocycles. The van der Waals surface area contributed by atoms with Crippen molar-refractivity contribution in [3.05, 3.63) is 48.5 Å². The number of carbonyl (C=O) groups is 1. The van der Waals surface area contributed by atoms with E-state index in [2.05, 4.69) is 0 Å². The molecule has 0 atom stereocenters. The topological polar surface area (TPSA) is 46.5 Å². The lowest BCUT2D eigenvalue weighted by atomic mass is 9.87. The van der Waals surface area contributed by atoms with Crippen LogP contribution in [-0.4, -0.2) is 18.5 Å². The van der Waals surface area contributed by atoms with E-state index in [0.717, 1.165) is 16.6 Å². The van der Waals surface area contributed by atoms with E-state index in [1.165, 1.54) is 6.92 Å². The van der Waals surface area contributed by atoms with E-state index in [1.54, 1.807) is 12.1 Å². The van der Waals surface area contributed by atoms with Gasteiger partial charge in [-0.25, -0.2) is 0 Å². The maximum absolute atomic E-state index is 10.8. The van der Waals surface area contributed by atoms with Crippen LogP contribution in [0.4, 0.5) is 0 Å². The Morgan fingerprint density at radius 1 is 1.00 bits per heavy atom. The predicted molar refractivity (Wildman–Crippen MR) is 72.2 cm³/mol. The molecule has 0 fully saturated rings. The van der Waals surface area contributed by atoms with E-state index in [1.807, 2.05) is 36.4 Å². The van der Waals surface area contributed by atoms with Gasteiger partial charge in [0.2, 0.25) is 0 Å². The quantitative estimate of drug-likeness (QED) is 0.499. The minimum atomic E-state index is -0.324. The molecule has 0 saturated carbocycles. The van der Waals surface area contributed by atoms with Crippen LogP contribution < -0.4 is 10.2 Å². The first-order chi connectivity index (χ1) is 8.69. The van der Waals surface area contributed by atoms with Gasteiger partial charge in [-0.1, -0.05) is 41.9 Å². The average molecular weight is 240 g/mol. The second-order valence-electron chi connectivity index (χ2n) is 3.97. The number of esters is 1. The van der Waals surface area contributed by atoms with Crippen molar-refractivity contribution < 1.29 is 14.6 Å². The molecule has 0 aliphatic carbocycles. The molecule has 0 radical (unpaired) electrons. The van der Waals surface area contributed by atoms with Crippen molar-refractivity contribution in [3.8, 4) is 16.9 Å². The van der Waals surface area contributed by atoms with Gasteiger partial charge >= 0.3 is 13.5 Å². The first-order valence-corrected chi connectivity index (χ1v) is 5.67. The third kappa shape index (κ3) is 2.99. The summed E-state index contributed by atoms with van der Waals surface area (Å²) in [7, 11) is 0.0473. The van der Waals surface area contributed by atoms with E-state index < -0.39 is 0 Å². The number of rotatable bonds is 3. The standard InChI is InChI=1S/C14H13BO3/c1-10(16)18-14-8-4-12(5-9-14)11-2-6-13(15-17)7-3-11/h2-9,15,17H,1H3. The van der Waals surface area contributed by atoms with Gasteiger partial charge in [-0.3, -0.25) is 4.79 Å². The van der Waals surface area contributed by atoms with Crippen LogP contribution in [-0.2, 0) is 4.79 Å². The summed E-state index contributed by atoms with van der Waals surface area (Å²) >= 11 is 0. The lowest BCUT2D eigenvalue weighted by molar-refractivity contribution is -0.131. The number of hydrogen-bond donors (Lipinski definition) is 1. The van der Waals surface area contributed by atoms with Crippen molar-refractivity contribution in [3.63, 3.8) is 0 Å². The van der Waals surface area contributed by atoms with Crippen molar-refractivity contribution in [2.75, 3.05) is 0 Å². The van der Waals surface area contributed by atoms with Crippen molar-refractivity contribution in [2.45, 2.75) is 6.92 Å². The fourth-order valence-electron chi connectivity index (χ4n) is 1.68. The Morgan fingerprint density at radius 3 is 1.94 bits per heavy atom.